The molecular formula is C16H24ClF3N2. The van der Waals surface area contributed by atoms with E-state index in [0.29, 0.717) is 5.56 Å². The first-order chi connectivity index (χ1) is 9.67. The number of piperidine rings is 1. The Morgan fingerprint density at radius 3 is 2.18 bits per heavy atom. The fourth-order valence-electron chi connectivity index (χ4n) is 3.09. The van der Waals surface area contributed by atoms with Crippen LogP contribution in [-0.4, -0.2) is 30.1 Å². The number of benzene rings is 1. The highest BCUT2D eigenvalue weighted by Crippen LogP contribution is 2.38. The molecule has 0 aliphatic carbocycles. The lowest BCUT2D eigenvalue weighted by Gasteiger charge is -2.36. The van der Waals surface area contributed by atoms with Crippen molar-refractivity contribution in [3.05, 3.63) is 35.4 Å². The predicted molar refractivity (Wildman–Crippen MR) is 85.4 cm³/mol. The number of likely N-dealkylation sites (tertiary alicyclic amines) is 1. The Morgan fingerprint density at radius 1 is 1.14 bits per heavy atom. The molecule has 1 aromatic carbocycles. The summed E-state index contributed by atoms with van der Waals surface area (Å²) in [4.78, 5) is 2.24. The molecule has 1 heterocycles. The summed E-state index contributed by atoms with van der Waals surface area (Å²) in [6.45, 7) is 6.33. The maximum atomic E-state index is 13.1. The fourth-order valence-corrected chi connectivity index (χ4v) is 3.09. The molecule has 0 spiro atoms. The van der Waals surface area contributed by atoms with Crippen LogP contribution in [0.4, 0.5) is 13.2 Å². The number of rotatable bonds is 3. The molecular weight excluding hydrogens is 313 g/mol. The van der Waals surface area contributed by atoms with Crippen molar-refractivity contribution in [2.75, 3.05) is 19.6 Å². The molecule has 0 unspecified atom stereocenters. The molecule has 1 aromatic rings. The Bertz CT molecular complexity index is 475. The average Bonchev–Trinajstić information content (AvgIpc) is 2.37. The van der Waals surface area contributed by atoms with Gasteiger partial charge in [0.2, 0.25) is 0 Å². The highest BCUT2D eigenvalue weighted by molar-refractivity contribution is 5.85. The highest BCUT2D eigenvalue weighted by atomic mass is 35.5. The lowest BCUT2D eigenvalue weighted by Crippen LogP contribution is -2.47. The maximum absolute atomic E-state index is 13.1. The number of nitrogens with zero attached hydrogens (tertiary/aromatic N) is 1. The van der Waals surface area contributed by atoms with Gasteiger partial charge in [-0.3, -0.25) is 0 Å². The molecule has 6 heteroatoms. The van der Waals surface area contributed by atoms with Gasteiger partial charge in [-0.2, -0.15) is 13.2 Å². The summed E-state index contributed by atoms with van der Waals surface area (Å²) in [6, 6.07) is 5.96. The molecule has 22 heavy (non-hydrogen) atoms. The molecule has 0 radical (unpaired) electrons. The summed E-state index contributed by atoms with van der Waals surface area (Å²) in [7, 11) is 0. The van der Waals surface area contributed by atoms with Crippen LogP contribution in [0.3, 0.4) is 0 Å². The summed E-state index contributed by atoms with van der Waals surface area (Å²) in [6.07, 6.45) is -2.76. The zero-order valence-electron chi connectivity index (χ0n) is 13.0. The second-order valence-electron chi connectivity index (χ2n) is 6.62. The molecule has 0 atom stereocenters. The molecule has 0 amide bonds. The van der Waals surface area contributed by atoms with Crippen molar-refractivity contribution in [2.24, 2.45) is 5.73 Å². The molecule has 2 nitrogen and oxygen atoms in total. The molecule has 1 fully saturated rings. The minimum absolute atomic E-state index is 0. The molecule has 1 saturated heterocycles. The first-order valence-corrected chi connectivity index (χ1v) is 7.34. The van der Waals surface area contributed by atoms with E-state index in [4.69, 9.17) is 5.73 Å². The average molecular weight is 337 g/mol. The van der Waals surface area contributed by atoms with Crippen molar-refractivity contribution >= 4 is 12.4 Å². The number of nitrogens with two attached hydrogens (primary N) is 1. The highest BCUT2D eigenvalue weighted by Gasteiger charge is 2.35. The summed E-state index contributed by atoms with van der Waals surface area (Å²) < 4.78 is 39.2. The van der Waals surface area contributed by atoms with Gasteiger partial charge in [-0.15, -0.1) is 12.4 Å². The van der Waals surface area contributed by atoms with E-state index >= 15 is 0 Å². The largest absolute Gasteiger partial charge is 0.416 e. The minimum atomic E-state index is -4.27. The first-order valence-electron chi connectivity index (χ1n) is 7.34. The Kier molecular flexibility index (Phi) is 6.30. The molecule has 0 bridgehead atoms. The van der Waals surface area contributed by atoms with Gasteiger partial charge in [0.15, 0.2) is 0 Å². The Morgan fingerprint density at radius 2 is 1.68 bits per heavy atom. The van der Waals surface area contributed by atoms with Crippen LogP contribution in [-0.2, 0) is 6.18 Å². The van der Waals surface area contributed by atoms with Gasteiger partial charge in [-0.1, -0.05) is 18.2 Å². The number of hydrogen-bond acceptors (Lipinski definition) is 2. The van der Waals surface area contributed by atoms with E-state index in [0.717, 1.165) is 32.5 Å². The van der Waals surface area contributed by atoms with Gasteiger partial charge in [0.05, 0.1) is 5.56 Å². The fraction of sp³-hybridized carbons (Fsp3) is 0.625. The van der Waals surface area contributed by atoms with Crippen LogP contribution >= 0.6 is 12.4 Å². The zero-order valence-corrected chi connectivity index (χ0v) is 13.8. The molecule has 2 N–H and O–H groups in total. The lowest BCUT2D eigenvalue weighted by atomic mass is 9.86. The van der Waals surface area contributed by atoms with E-state index in [1.54, 1.807) is 12.1 Å². The van der Waals surface area contributed by atoms with Crippen LogP contribution < -0.4 is 5.73 Å². The first kappa shape index (κ1) is 19.3. The summed E-state index contributed by atoms with van der Waals surface area (Å²) in [5, 5.41) is 0. The molecule has 2 rings (SSSR count). The summed E-state index contributed by atoms with van der Waals surface area (Å²) in [5.41, 5.74) is 5.69. The van der Waals surface area contributed by atoms with E-state index < -0.39 is 11.7 Å². The van der Waals surface area contributed by atoms with Gasteiger partial charge >= 0.3 is 6.18 Å². The van der Waals surface area contributed by atoms with Crippen molar-refractivity contribution in [1.82, 2.24) is 4.90 Å². The zero-order chi connectivity index (χ0) is 15.7. The number of hydrogen-bond donors (Lipinski definition) is 1. The van der Waals surface area contributed by atoms with Gasteiger partial charge in [-0.05, 0) is 57.3 Å². The quantitative estimate of drug-likeness (QED) is 0.902. The normalized spacial score (nSPS) is 18.1. The number of alkyl halides is 3. The second kappa shape index (κ2) is 7.20. The van der Waals surface area contributed by atoms with Crippen molar-refractivity contribution in [3.8, 4) is 0 Å². The third kappa shape index (κ3) is 5.14. The Balaban J connectivity index is 0.00000242. The van der Waals surface area contributed by atoms with Crippen LogP contribution in [0.15, 0.2) is 24.3 Å². The van der Waals surface area contributed by atoms with Gasteiger partial charge < -0.3 is 10.6 Å². The smallest absolute Gasteiger partial charge is 0.324 e. The van der Waals surface area contributed by atoms with Crippen molar-refractivity contribution in [1.29, 1.82) is 0 Å². The Hall–Kier alpha value is -0.780. The van der Waals surface area contributed by atoms with E-state index in [1.807, 2.05) is 13.8 Å². The van der Waals surface area contributed by atoms with Crippen LogP contribution in [0.1, 0.15) is 43.7 Å². The second-order valence-corrected chi connectivity index (χ2v) is 6.62. The van der Waals surface area contributed by atoms with E-state index in [-0.39, 0.29) is 23.9 Å². The summed E-state index contributed by atoms with van der Waals surface area (Å²) in [5.74, 6) is -0.0139. The topological polar surface area (TPSA) is 29.3 Å². The van der Waals surface area contributed by atoms with Crippen LogP contribution in [0, 0.1) is 0 Å². The predicted octanol–water partition coefficient (Wildman–Crippen LogP) is 4.04. The van der Waals surface area contributed by atoms with Crippen LogP contribution in [0.2, 0.25) is 0 Å². The summed E-state index contributed by atoms with van der Waals surface area (Å²) >= 11 is 0. The minimum Gasteiger partial charge on any atom is -0.324 e. The molecule has 0 aromatic heterocycles. The third-order valence-corrected chi connectivity index (χ3v) is 3.92. The number of halogens is 4. The molecule has 126 valence electrons. The molecule has 1 aliphatic rings. The Labute approximate surface area is 136 Å². The van der Waals surface area contributed by atoms with Gasteiger partial charge in [0.1, 0.15) is 0 Å². The van der Waals surface area contributed by atoms with Crippen molar-refractivity contribution in [3.63, 3.8) is 0 Å². The van der Waals surface area contributed by atoms with Gasteiger partial charge in [0.25, 0.3) is 0 Å². The van der Waals surface area contributed by atoms with Gasteiger partial charge in [-0.25, -0.2) is 0 Å². The maximum Gasteiger partial charge on any atom is 0.416 e. The molecule has 0 saturated carbocycles. The standard InChI is InChI=1S/C16H23F3N2.ClH/c1-15(2,20)11-21-9-7-12(8-10-21)13-5-3-4-6-14(13)16(17,18)19;/h3-6,12H,7-11,20H2,1-2H3;1H. The van der Waals surface area contributed by atoms with E-state index in [1.165, 1.54) is 12.1 Å². The SMILES string of the molecule is CC(C)(N)CN1CCC(c2ccccc2C(F)(F)F)CC1.Cl. The van der Waals surface area contributed by atoms with Crippen molar-refractivity contribution in [2.45, 2.75) is 44.3 Å². The van der Waals surface area contributed by atoms with Crippen LogP contribution in [0.25, 0.3) is 0 Å². The van der Waals surface area contributed by atoms with Crippen molar-refractivity contribution < 1.29 is 13.2 Å². The van der Waals surface area contributed by atoms with E-state index in [9.17, 15) is 13.2 Å². The van der Waals surface area contributed by atoms with Gasteiger partial charge in [0, 0.05) is 12.1 Å². The third-order valence-electron chi connectivity index (χ3n) is 3.92. The lowest BCUT2D eigenvalue weighted by molar-refractivity contribution is -0.138. The molecule has 1 aliphatic heterocycles. The van der Waals surface area contributed by atoms with Crippen LogP contribution in [0.5, 0.6) is 0 Å². The monoisotopic (exact) mass is 336 g/mol. The van der Waals surface area contributed by atoms with E-state index in [2.05, 4.69) is 4.90 Å².